The van der Waals surface area contributed by atoms with Gasteiger partial charge in [0, 0.05) is 31.4 Å². The SMILES string of the molecule is CCC(=O)N1CCC[C@H](C(=O)Nc2ccc(-c3ccn[nH]3)cc2)C1. The molecule has 6 heteroatoms. The van der Waals surface area contributed by atoms with Crippen LogP contribution in [0.2, 0.25) is 0 Å². The van der Waals surface area contributed by atoms with Gasteiger partial charge in [-0.1, -0.05) is 19.1 Å². The first-order valence-corrected chi connectivity index (χ1v) is 8.36. The Morgan fingerprint density at radius 1 is 1.29 bits per heavy atom. The summed E-state index contributed by atoms with van der Waals surface area (Å²) >= 11 is 0. The number of hydrogen-bond acceptors (Lipinski definition) is 3. The maximum atomic E-state index is 12.5. The second-order valence-corrected chi connectivity index (χ2v) is 6.07. The molecule has 126 valence electrons. The number of benzene rings is 1. The normalized spacial score (nSPS) is 17.5. The molecule has 0 bridgehead atoms. The zero-order valence-corrected chi connectivity index (χ0v) is 13.8. The summed E-state index contributed by atoms with van der Waals surface area (Å²) in [7, 11) is 0. The number of anilines is 1. The van der Waals surface area contributed by atoms with Gasteiger partial charge >= 0.3 is 0 Å². The lowest BCUT2D eigenvalue weighted by atomic mass is 9.96. The summed E-state index contributed by atoms with van der Waals surface area (Å²) in [6.45, 7) is 3.13. The van der Waals surface area contributed by atoms with E-state index in [1.807, 2.05) is 37.3 Å². The molecule has 1 saturated heterocycles. The Morgan fingerprint density at radius 2 is 2.08 bits per heavy atom. The molecule has 0 spiro atoms. The van der Waals surface area contributed by atoms with Gasteiger partial charge in [-0.2, -0.15) is 5.10 Å². The third kappa shape index (κ3) is 3.64. The monoisotopic (exact) mass is 326 g/mol. The zero-order valence-electron chi connectivity index (χ0n) is 13.8. The van der Waals surface area contributed by atoms with Gasteiger partial charge in [0.25, 0.3) is 0 Å². The van der Waals surface area contributed by atoms with E-state index in [1.54, 1.807) is 11.1 Å². The number of nitrogens with zero attached hydrogens (tertiary/aromatic N) is 2. The van der Waals surface area contributed by atoms with E-state index >= 15 is 0 Å². The highest BCUT2D eigenvalue weighted by molar-refractivity contribution is 5.93. The van der Waals surface area contributed by atoms with Crippen molar-refractivity contribution >= 4 is 17.5 Å². The maximum absolute atomic E-state index is 12.5. The number of H-pyrrole nitrogens is 1. The fraction of sp³-hybridized carbons (Fsp3) is 0.389. The first kappa shape index (κ1) is 16.2. The average molecular weight is 326 g/mol. The highest BCUT2D eigenvalue weighted by Crippen LogP contribution is 2.22. The van der Waals surface area contributed by atoms with Crippen LogP contribution >= 0.6 is 0 Å². The summed E-state index contributed by atoms with van der Waals surface area (Å²) in [6.07, 6.45) is 3.90. The van der Waals surface area contributed by atoms with E-state index < -0.39 is 0 Å². The fourth-order valence-electron chi connectivity index (χ4n) is 3.04. The molecule has 6 nitrogen and oxygen atoms in total. The smallest absolute Gasteiger partial charge is 0.229 e. The van der Waals surface area contributed by atoms with Crippen LogP contribution in [0.5, 0.6) is 0 Å². The molecule has 0 saturated carbocycles. The predicted molar refractivity (Wildman–Crippen MR) is 92.2 cm³/mol. The standard InChI is InChI=1S/C18H22N4O2/c1-2-17(23)22-11-3-4-14(12-22)18(24)20-15-7-5-13(6-8-15)16-9-10-19-21-16/h5-10,14H,2-4,11-12H2,1H3,(H,19,21)(H,20,24)/t14-/m0/s1. The van der Waals surface area contributed by atoms with Crippen molar-refractivity contribution in [1.82, 2.24) is 15.1 Å². The van der Waals surface area contributed by atoms with Crippen LogP contribution < -0.4 is 5.32 Å². The minimum atomic E-state index is -0.137. The number of aromatic nitrogens is 2. The number of nitrogens with one attached hydrogen (secondary N) is 2. The largest absolute Gasteiger partial charge is 0.342 e. The van der Waals surface area contributed by atoms with Crippen LogP contribution in [0.15, 0.2) is 36.5 Å². The number of aromatic amines is 1. The lowest BCUT2D eigenvalue weighted by Gasteiger charge is -2.31. The molecule has 3 rings (SSSR count). The summed E-state index contributed by atoms with van der Waals surface area (Å²) in [5, 5.41) is 9.80. The van der Waals surface area contributed by atoms with Crippen molar-refractivity contribution in [3.05, 3.63) is 36.5 Å². The number of hydrogen-bond donors (Lipinski definition) is 2. The molecular weight excluding hydrogens is 304 g/mol. The van der Waals surface area contributed by atoms with E-state index in [1.165, 1.54) is 0 Å². The number of carbonyl (C=O) groups is 2. The quantitative estimate of drug-likeness (QED) is 0.906. The molecule has 0 aliphatic carbocycles. The van der Waals surface area contributed by atoms with E-state index in [-0.39, 0.29) is 17.7 Å². The topological polar surface area (TPSA) is 78.1 Å². The molecule has 0 unspecified atom stereocenters. The van der Waals surface area contributed by atoms with Crippen LogP contribution in [-0.4, -0.2) is 40.0 Å². The maximum Gasteiger partial charge on any atom is 0.229 e. The number of rotatable bonds is 4. The van der Waals surface area contributed by atoms with Crippen molar-refractivity contribution in [2.24, 2.45) is 5.92 Å². The van der Waals surface area contributed by atoms with Gasteiger partial charge in [0.1, 0.15) is 0 Å². The van der Waals surface area contributed by atoms with Crippen molar-refractivity contribution in [3.8, 4) is 11.3 Å². The van der Waals surface area contributed by atoms with Crippen molar-refractivity contribution in [3.63, 3.8) is 0 Å². The summed E-state index contributed by atoms with van der Waals surface area (Å²) < 4.78 is 0. The predicted octanol–water partition coefficient (Wildman–Crippen LogP) is 2.66. The van der Waals surface area contributed by atoms with Crippen LogP contribution in [0.4, 0.5) is 5.69 Å². The Balaban J connectivity index is 1.61. The molecule has 24 heavy (non-hydrogen) atoms. The molecule has 2 aromatic rings. The molecular formula is C18H22N4O2. The van der Waals surface area contributed by atoms with Crippen molar-refractivity contribution in [1.29, 1.82) is 0 Å². The summed E-state index contributed by atoms with van der Waals surface area (Å²) in [6, 6.07) is 9.54. The lowest BCUT2D eigenvalue weighted by Crippen LogP contribution is -2.43. The van der Waals surface area contributed by atoms with Crippen LogP contribution in [0.25, 0.3) is 11.3 Å². The van der Waals surface area contributed by atoms with Crippen molar-refractivity contribution in [2.45, 2.75) is 26.2 Å². The Hall–Kier alpha value is -2.63. The van der Waals surface area contributed by atoms with E-state index in [0.717, 1.165) is 36.3 Å². The molecule has 1 aliphatic rings. The van der Waals surface area contributed by atoms with Crippen molar-refractivity contribution in [2.75, 3.05) is 18.4 Å². The number of amides is 2. The van der Waals surface area contributed by atoms with Crippen LogP contribution in [-0.2, 0) is 9.59 Å². The average Bonchev–Trinajstić information content (AvgIpc) is 3.16. The molecule has 1 aliphatic heterocycles. The highest BCUT2D eigenvalue weighted by Gasteiger charge is 2.27. The van der Waals surface area contributed by atoms with Gasteiger partial charge in [-0.25, -0.2) is 0 Å². The zero-order chi connectivity index (χ0) is 16.9. The number of likely N-dealkylation sites (tertiary alicyclic amines) is 1. The molecule has 1 atom stereocenters. The third-order valence-electron chi connectivity index (χ3n) is 4.41. The van der Waals surface area contributed by atoms with Gasteiger partial charge in [-0.15, -0.1) is 0 Å². The van der Waals surface area contributed by atoms with Crippen LogP contribution in [0.1, 0.15) is 26.2 Å². The fourth-order valence-corrected chi connectivity index (χ4v) is 3.04. The highest BCUT2D eigenvalue weighted by atomic mass is 16.2. The summed E-state index contributed by atoms with van der Waals surface area (Å²) in [4.78, 5) is 26.1. The minimum absolute atomic E-state index is 0.0158. The first-order valence-electron chi connectivity index (χ1n) is 8.36. The van der Waals surface area contributed by atoms with E-state index in [2.05, 4.69) is 15.5 Å². The lowest BCUT2D eigenvalue weighted by molar-refractivity contribution is -0.134. The van der Waals surface area contributed by atoms with Crippen molar-refractivity contribution < 1.29 is 9.59 Å². The Bertz CT molecular complexity index is 694. The summed E-state index contributed by atoms with van der Waals surface area (Å²) in [5.41, 5.74) is 2.72. The molecule has 1 aromatic carbocycles. The second kappa shape index (κ2) is 7.29. The first-order chi connectivity index (χ1) is 11.7. The van der Waals surface area contributed by atoms with E-state index in [9.17, 15) is 9.59 Å². The molecule has 1 fully saturated rings. The third-order valence-corrected chi connectivity index (χ3v) is 4.41. The number of carbonyl (C=O) groups excluding carboxylic acids is 2. The van der Waals surface area contributed by atoms with Crippen LogP contribution in [0, 0.1) is 5.92 Å². The Kier molecular flexibility index (Phi) is 4.93. The molecule has 2 amide bonds. The Labute approximate surface area is 141 Å². The van der Waals surface area contributed by atoms with E-state index in [0.29, 0.717) is 13.0 Å². The summed E-state index contributed by atoms with van der Waals surface area (Å²) in [5.74, 6) is -0.0316. The van der Waals surface area contributed by atoms with Gasteiger partial charge in [-0.05, 0) is 36.6 Å². The van der Waals surface area contributed by atoms with Gasteiger partial charge in [0.15, 0.2) is 0 Å². The van der Waals surface area contributed by atoms with Gasteiger partial charge in [0.2, 0.25) is 11.8 Å². The van der Waals surface area contributed by atoms with Crippen LogP contribution in [0.3, 0.4) is 0 Å². The molecule has 2 N–H and O–H groups in total. The molecule has 1 aromatic heterocycles. The Morgan fingerprint density at radius 3 is 2.75 bits per heavy atom. The molecule has 2 heterocycles. The van der Waals surface area contributed by atoms with Gasteiger partial charge < -0.3 is 10.2 Å². The minimum Gasteiger partial charge on any atom is -0.342 e. The van der Waals surface area contributed by atoms with Gasteiger partial charge in [0.05, 0.1) is 11.6 Å². The van der Waals surface area contributed by atoms with E-state index in [4.69, 9.17) is 0 Å². The molecule has 0 radical (unpaired) electrons. The second-order valence-electron chi connectivity index (χ2n) is 6.07. The number of piperidine rings is 1. The van der Waals surface area contributed by atoms with Gasteiger partial charge in [-0.3, -0.25) is 14.7 Å².